The number of amides is 1. The van der Waals surface area contributed by atoms with E-state index in [9.17, 15) is 13.2 Å². The Hall–Kier alpha value is -2.29. The van der Waals surface area contributed by atoms with Crippen LogP contribution in [0, 0.1) is 0 Å². The van der Waals surface area contributed by atoms with Crippen molar-refractivity contribution in [3.05, 3.63) is 53.1 Å². The Balaban J connectivity index is 1.90. The first-order valence-electron chi connectivity index (χ1n) is 8.53. The van der Waals surface area contributed by atoms with Crippen molar-refractivity contribution in [1.82, 2.24) is 10.0 Å². The molecule has 0 aromatic heterocycles. The van der Waals surface area contributed by atoms with Gasteiger partial charge in [-0.05, 0) is 42.8 Å². The van der Waals surface area contributed by atoms with Crippen LogP contribution < -0.4 is 19.5 Å². The lowest BCUT2D eigenvalue weighted by Gasteiger charge is -2.16. The number of hydrogen-bond donors (Lipinski definition) is 2. The zero-order valence-electron chi connectivity index (χ0n) is 15.9. The van der Waals surface area contributed by atoms with Crippen LogP contribution >= 0.6 is 11.6 Å². The first kappa shape index (κ1) is 22.0. The maximum Gasteiger partial charge on any atom is 0.240 e. The monoisotopic (exact) mass is 426 g/mol. The van der Waals surface area contributed by atoms with E-state index in [1.165, 1.54) is 19.2 Å². The van der Waals surface area contributed by atoms with Crippen LogP contribution in [0.5, 0.6) is 11.5 Å². The van der Waals surface area contributed by atoms with Crippen molar-refractivity contribution in [2.45, 2.75) is 24.3 Å². The summed E-state index contributed by atoms with van der Waals surface area (Å²) in [5, 5.41) is 3.15. The van der Waals surface area contributed by atoms with Gasteiger partial charge in [-0.2, -0.15) is 0 Å². The third-order valence-corrected chi connectivity index (χ3v) is 5.73. The molecule has 0 saturated carbocycles. The summed E-state index contributed by atoms with van der Waals surface area (Å²) in [5.41, 5.74) is 0.838. The van der Waals surface area contributed by atoms with E-state index in [2.05, 4.69) is 10.0 Å². The highest BCUT2D eigenvalue weighted by Crippen LogP contribution is 2.29. The highest BCUT2D eigenvalue weighted by molar-refractivity contribution is 7.89. The minimum absolute atomic E-state index is 0.00255. The van der Waals surface area contributed by atoms with Crippen molar-refractivity contribution in [3.63, 3.8) is 0 Å². The first-order valence-corrected chi connectivity index (χ1v) is 10.4. The van der Waals surface area contributed by atoms with Crippen LogP contribution in [-0.4, -0.2) is 35.1 Å². The van der Waals surface area contributed by atoms with E-state index in [-0.39, 0.29) is 29.8 Å². The number of carbonyl (C=O) groups is 1. The van der Waals surface area contributed by atoms with Gasteiger partial charge in [0, 0.05) is 18.0 Å². The molecule has 9 heteroatoms. The topological polar surface area (TPSA) is 93.7 Å². The van der Waals surface area contributed by atoms with Gasteiger partial charge in [0.25, 0.3) is 0 Å². The molecule has 7 nitrogen and oxygen atoms in total. The molecular formula is C19H23ClN2O5S. The van der Waals surface area contributed by atoms with Crippen LogP contribution in [0.1, 0.15) is 24.9 Å². The van der Waals surface area contributed by atoms with E-state index in [1.54, 1.807) is 31.4 Å². The second-order valence-electron chi connectivity index (χ2n) is 6.01. The van der Waals surface area contributed by atoms with Gasteiger partial charge in [-0.3, -0.25) is 4.79 Å². The number of ether oxygens (including phenoxy) is 2. The van der Waals surface area contributed by atoms with Crippen molar-refractivity contribution < 1.29 is 22.7 Å². The molecule has 152 valence electrons. The number of halogens is 1. The lowest BCUT2D eigenvalue weighted by atomic mass is 10.1. The van der Waals surface area contributed by atoms with Crippen LogP contribution in [0.4, 0.5) is 0 Å². The predicted molar refractivity (Wildman–Crippen MR) is 107 cm³/mol. The second kappa shape index (κ2) is 9.77. The normalized spacial score (nSPS) is 12.3. The van der Waals surface area contributed by atoms with Crippen LogP contribution in [0.3, 0.4) is 0 Å². The molecule has 28 heavy (non-hydrogen) atoms. The molecule has 0 heterocycles. The quantitative estimate of drug-likeness (QED) is 0.643. The molecule has 2 N–H and O–H groups in total. The third-order valence-electron chi connectivity index (χ3n) is 4.04. The molecule has 0 spiro atoms. The van der Waals surface area contributed by atoms with Crippen LogP contribution in [0.25, 0.3) is 0 Å². The molecule has 1 unspecified atom stereocenters. The van der Waals surface area contributed by atoms with Crippen LogP contribution in [0.15, 0.2) is 47.4 Å². The number of sulfonamides is 1. The largest absolute Gasteiger partial charge is 0.493 e. The minimum atomic E-state index is -3.72. The molecule has 1 amide bonds. The standard InChI is InChI=1S/C19H23ClN2O5S/c1-13(14-7-8-17(26-2)18(11-14)27-3)22-19(23)9-10-21-28(24,25)16-6-4-5-15(20)12-16/h4-8,11-13,21H,9-10H2,1-3H3,(H,22,23). The summed E-state index contributed by atoms with van der Waals surface area (Å²) in [7, 11) is -0.633. The van der Waals surface area contributed by atoms with Gasteiger partial charge in [-0.15, -0.1) is 0 Å². The minimum Gasteiger partial charge on any atom is -0.493 e. The smallest absolute Gasteiger partial charge is 0.240 e. The van der Waals surface area contributed by atoms with Crippen molar-refractivity contribution in [3.8, 4) is 11.5 Å². The van der Waals surface area contributed by atoms with E-state index in [1.807, 2.05) is 13.0 Å². The third kappa shape index (κ3) is 5.85. The van der Waals surface area contributed by atoms with Gasteiger partial charge < -0.3 is 14.8 Å². The molecule has 0 radical (unpaired) electrons. The molecule has 2 aromatic carbocycles. The zero-order valence-corrected chi connectivity index (χ0v) is 17.4. The van der Waals surface area contributed by atoms with E-state index in [0.717, 1.165) is 5.56 Å². The molecule has 2 rings (SSSR count). The highest BCUT2D eigenvalue weighted by atomic mass is 35.5. The fraction of sp³-hybridized carbons (Fsp3) is 0.316. The number of carbonyl (C=O) groups excluding carboxylic acids is 1. The zero-order chi connectivity index (χ0) is 20.7. The molecular weight excluding hydrogens is 404 g/mol. The van der Waals surface area contributed by atoms with Gasteiger partial charge in [0.15, 0.2) is 11.5 Å². The van der Waals surface area contributed by atoms with Gasteiger partial charge in [0.1, 0.15) is 0 Å². The fourth-order valence-corrected chi connectivity index (χ4v) is 3.87. The van der Waals surface area contributed by atoms with Gasteiger partial charge in [-0.1, -0.05) is 23.7 Å². The predicted octanol–water partition coefficient (Wildman–Crippen LogP) is 2.90. The summed E-state index contributed by atoms with van der Waals surface area (Å²) in [4.78, 5) is 12.2. The molecule has 2 aromatic rings. The lowest BCUT2D eigenvalue weighted by molar-refractivity contribution is -0.121. The Labute approximate surface area is 170 Å². The number of rotatable bonds is 9. The highest BCUT2D eigenvalue weighted by Gasteiger charge is 2.16. The van der Waals surface area contributed by atoms with E-state index in [4.69, 9.17) is 21.1 Å². The summed E-state index contributed by atoms with van der Waals surface area (Å²) < 4.78 is 37.3. The Morgan fingerprint density at radius 3 is 2.46 bits per heavy atom. The number of nitrogens with one attached hydrogen (secondary N) is 2. The molecule has 1 atom stereocenters. The summed E-state index contributed by atoms with van der Waals surface area (Å²) in [5.74, 6) is 0.881. The number of benzene rings is 2. The van der Waals surface area contributed by atoms with Crippen LogP contribution in [-0.2, 0) is 14.8 Å². The van der Waals surface area contributed by atoms with E-state index in [0.29, 0.717) is 16.5 Å². The maximum atomic E-state index is 12.2. The molecule has 0 bridgehead atoms. The van der Waals surface area contributed by atoms with Crippen molar-refractivity contribution >= 4 is 27.5 Å². The molecule has 0 fully saturated rings. The van der Waals surface area contributed by atoms with Crippen molar-refractivity contribution in [2.24, 2.45) is 0 Å². The fourth-order valence-electron chi connectivity index (χ4n) is 2.54. The average Bonchev–Trinajstić information content (AvgIpc) is 2.67. The average molecular weight is 427 g/mol. The number of methoxy groups -OCH3 is 2. The molecule has 0 saturated heterocycles. The molecule has 0 aliphatic rings. The number of hydrogen-bond acceptors (Lipinski definition) is 5. The summed E-state index contributed by atoms with van der Waals surface area (Å²) in [6.07, 6.45) is -0.00255. The van der Waals surface area contributed by atoms with E-state index >= 15 is 0 Å². The van der Waals surface area contributed by atoms with Crippen molar-refractivity contribution in [2.75, 3.05) is 20.8 Å². The lowest BCUT2D eigenvalue weighted by Crippen LogP contribution is -2.32. The van der Waals surface area contributed by atoms with Gasteiger partial charge in [0.2, 0.25) is 15.9 Å². The Bertz CT molecular complexity index is 934. The van der Waals surface area contributed by atoms with E-state index < -0.39 is 10.0 Å². The Morgan fingerprint density at radius 1 is 1.11 bits per heavy atom. The molecule has 0 aliphatic carbocycles. The second-order valence-corrected chi connectivity index (χ2v) is 8.21. The summed E-state index contributed by atoms with van der Waals surface area (Å²) in [6.45, 7) is 1.80. The van der Waals surface area contributed by atoms with Gasteiger partial charge in [-0.25, -0.2) is 13.1 Å². The first-order chi connectivity index (χ1) is 13.3. The van der Waals surface area contributed by atoms with Crippen molar-refractivity contribution in [1.29, 1.82) is 0 Å². The summed E-state index contributed by atoms with van der Waals surface area (Å²) in [6, 6.07) is 11.0. The Kier molecular flexibility index (Phi) is 7.68. The van der Waals surface area contributed by atoms with Gasteiger partial charge in [0.05, 0.1) is 25.2 Å². The Morgan fingerprint density at radius 2 is 1.82 bits per heavy atom. The molecule has 0 aliphatic heterocycles. The van der Waals surface area contributed by atoms with Crippen LogP contribution in [0.2, 0.25) is 5.02 Å². The SMILES string of the molecule is COc1ccc(C(C)NC(=O)CCNS(=O)(=O)c2cccc(Cl)c2)cc1OC. The maximum absolute atomic E-state index is 12.2. The summed E-state index contributed by atoms with van der Waals surface area (Å²) >= 11 is 5.82. The van der Waals surface area contributed by atoms with Gasteiger partial charge >= 0.3 is 0 Å².